The predicted molar refractivity (Wildman–Crippen MR) is 67.3 cm³/mol. The summed E-state index contributed by atoms with van der Waals surface area (Å²) in [6.45, 7) is 4.58. The largest absolute Gasteiger partial charge is 0.466 e. The Kier molecular flexibility index (Phi) is 5.69. The van der Waals surface area contributed by atoms with E-state index in [4.69, 9.17) is 4.74 Å². The molecule has 0 fully saturated rings. The molecular formula is C12H17NO3S. The zero-order chi connectivity index (χ0) is 12.7. The molecule has 1 aromatic rings. The SMILES string of the molecule is CCOC(=O)CCCNC(=O)c1sccc1C. The number of esters is 1. The van der Waals surface area contributed by atoms with Gasteiger partial charge in [0.25, 0.3) is 5.91 Å². The van der Waals surface area contributed by atoms with Crippen LogP contribution in [0.2, 0.25) is 0 Å². The van der Waals surface area contributed by atoms with Crippen molar-refractivity contribution in [1.29, 1.82) is 0 Å². The van der Waals surface area contributed by atoms with E-state index in [0.29, 0.717) is 26.0 Å². The topological polar surface area (TPSA) is 55.4 Å². The Morgan fingerprint density at radius 2 is 2.24 bits per heavy atom. The maximum atomic E-state index is 11.7. The second-order valence-electron chi connectivity index (χ2n) is 3.60. The van der Waals surface area contributed by atoms with Crippen molar-refractivity contribution < 1.29 is 14.3 Å². The van der Waals surface area contributed by atoms with E-state index < -0.39 is 0 Å². The predicted octanol–water partition coefficient (Wildman–Crippen LogP) is 2.13. The molecule has 1 N–H and O–H groups in total. The van der Waals surface area contributed by atoms with Crippen LogP contribution in [-0.2, 0) is 9.53 Å². The second-order valence-corrected chi connectivity index (χ2v) is 4.51. The highest BCUT2D eigenvalue weighted by Crippen LogP contribution is 2.14. The van der Waals surface area contributed by atoms with E-state index in [1.54, 1.807) is 6.92 Å². The van der Waals surface area contributed by atoms with E-state index in [1.165, 1.54) is 11.3 Å². The average Bonchev–Trinajstić information content (AvgIpc) is 2.71. The van der Waals surface area contributed by atoms with Crippen molar-refractivity contribution in [3.63, 3.8) is 0 Å². The number of amides is 1. The fourth-order valence-electron chi connectivity index (χ4n) is 1.35. The summed E-state index contributed by atoms with van der Waals surface area (Å²) in [5.41, 5.74) is 0.984. The molecule has 1 rings (SSSR count). The van der Waals surface area contributed by atoms with Crippen LogP contribution in [0, 0.1) is 6.92 Å². The first-order valence-corrected chi connectivity index (χ1v) is 6.51. The van der Waals surface area contributed by atoms with Gasteiger partial charge in [-0.15, -0.1) is 11.3 Å². The van der Waals surface area contributed by atoms with Crippen LogP contribution in [0.1, 0.15) is 35.0 Å². The fraction of sp³-hybridized carbons (Fsp3) is 0.500. The highest BCUT2D eigenvalue weighted by atomic mass is 32.1. The minimum absolute atomic E-state index is 0.0682. The van der Waals surface area contributed by atoms with Crippen molar-refractivity contribution in [3.8, 4) is 0 Å². The summed E-state index contributed by atoms with van der Waals surface area (Å²) in [5, 5.41) is 4.68. The number of ether oxygens (including phenoxy) is 1. The number of thiophene rings is 1. The third kappa shape index (κ3) is 4.56. The van der Waals surface area contributed by atoms with Gasteiger partial charge in [0.1, 0.15) is 0 Å². The Bertz CT molecular complexity index is 387. The standard InChI is InChI=1S/C12H17NO3S/c1-3-16-10(14)5-4-7-13-12(15)11-9(2)6-8-17-11/h6,8H,3-5,7H2,1-2H3,(H,13,15). The Hall–Kier alpha value is -1.36. The zero-order valence-corrected chi connectivity index (χ0v) is 10.9. The van der Waals surface area contributed by atoms with E-state index in [1.807, 2.05) is 18.4 Å². The van der Waals surface area contributed by atoms with Crippen LogP contribution in [0.4, 0.5) is 0 Å². The van der Waals surface area contributed by atoms with E-state index in [9.17, 15) is 9.59 Å². The van der Waals surface area contributed by atoms with Crippen LogP contribution in [-0.4, -0.2) is 25.0 Å². The molecule has 1 amide bonds. The molecule has 17 heavy (non-hydrogen) atoms. The number of carbonyl (C=O) groups is 2. The van der Waals surface area contributed by atoms with Crippen LogP contribution < -0.4 is 5.32 Å². The smallest absolute Gasteiger partial charge is 0.305 e. The number of hydrogen-bond donors (Lipinski definition) is 1. The van der Waals surface area contributed by atoms with Crippen LogP contribution in [0.3, 0.4) is 0 Å². The summed E-state index contributed by atoms with van der Waals surface area (Å²) in [6, 6.07) is 1.91. The highest BCUT2D eigenvalue weighted by molar-refractivity contribution is 7.12. The Morgan fingerprint density at radius 3 is 2.82 bits per heavy atom. The maximum absolute atomic E-state index is 11.7. The van der Waals surface area contributed by atoms with Gasteiger partial charge in [0.2, 0.25) is 0 Å². The molecule has 0 saturated carbocycles. The Labute approximate surface area is 105 Å². The molecule has 1 aromatic heterocycles. The first-order valence-electron chi connectivity index (χ1n) is 5.63. The van der Waals surface area contributed by atoms with Crippen molar-refractivity contribution in [2.75, 3.05) is 13.2 Å². The van der Waals surface area contributed by atoms with Gasteiger partial charge < -0.3 is 10.1 Å². The number of nitrogens with one attached hydrogen (secondary N) is 1. The summed E-state index contributed by atoms with van der Waals surface area (Å²) >= 11 is 1.43. The Balaban J connectivity index is 2.21. The molecule has 0 aliphatic carbocycles. The molecule has 0 radical (unpaired) electrons. The van der Waals surface area contributed by atoms with Crippen molar-refractivity contribution in [2.45, 2.75) is 26.7 Å². The summed E-state index contributed by atoms with van der Waals surface area (Å²) in [4.78, 5) is 23.5. The van der Waals surface area contributed by atoms with E-state index in [0.717, 1.165) is 10.4 Å². The molecular weight excluding hydrogens is 238 g/mol. The first-order chi connectivity index (χ1) is 8.15. The number of hydrogen-bond acceptors (Lipinski definition) is 4. The van der Waals surface area contributed by atoms with Gasteiger partial charge in [-0.05, 0) is 37.3 Å². The summed E-state index contributed by atoms with van der Waals surface area (Å²) in [7, 11) is 0. The van der Waals surface area contributed by atoms with Gasteiger partial charge in [-0.2, -0.15) is 0 Å². The van der Waals surface area contributed by atoms with Gasteiger partial charge in [0, 0.05) is 13.0 Å². The molecule has 0 aliphatic rings. The molecule has 0 aliphatic heterocycles. The average molecular weight is 255 g/mol. The van der Waals surface area contributed by atoms with E-state index >= 15 is 0 Å². The van der Waals surface area contributed by atoms with Crippen LogP contribution >= 0.6 is 11.3 Å². The normalized spacial score (nSPS) is 10.0. The van der Waals surface area contributed by atoms with E-state index in [2.05, 4.69) is 5.32 Å². The first kappa shape index (κ1) is 13.7. The number of carbonyl (C=O) groups excluding carboxylic acids is 2. The van der Waals surface area contributed by atoms with Gasteiger partial charge in [0.05, 0.1) is 11.5 Å². The monoisotopic (exact) mass is 255 g/mol. The van der Waals surface area contributed by atoms with Gasteiger partial charge in [-0.1, -0.05) is 0 Å². The lowest BCUT2D eigenvalue weighted by Crippen LogP contribution is -2.24. The highest BCUT2D eigenvalue weighted by Gasteiger charge is 2.09. The van der Waals surface area contributed by atoms with Gasteiger partial charge >= 0.3 is 5.97 Å². The quantitative estimate of drug-likeness (QED) is 0.626. The third-order valence-electron chi connectivity index (χ3n) is 2.22. The number of aryl methyl sites for hydroxylation is 1. The van der Waals surface area contributed by atoms with Crippen molar-refractivity contribution >= 4 is 23.2 Å². The maximum Gasteiger partial charge on any atom is 0.305 e. The summed E-state index contributed by atoms with van der Waals surface area (Å²) in [5.74, 6) is -0.282. The van der Waals surface area contributed by atoms with Crippen molar-refractivity contribution in [1.82, 2.24) is 5.32 Å². The molecule has 0 aromatic carbocycles. The molecule has 94 valence electrons. The summed E-state index contributed by atoms with van der Waals surface area (Å²) < 4.78 is 4.79. The molecule has 0 spiro atoms. The lowest BCUT2D eigenvalue weighted by molar-refractivity contribution is -0.143. The molecule has 0 saturated heterocycles. The molecule has 4 nitrogen and oxygen atoms in total. The van der Waals surface area contributed by atoms with Crippen LogP contribution in [0.15, 0.2) is 11.4 Å². The van der Waals surface area contributed by atoms with Gasteiger partial charge in [-0.25, -0.2) is 0 Å². The van der Waals surface area contributed by atoms with Gasteiger partial charge in [-0.3, -0.25) is 9.59 Å². The summed E-state index contributed by atoms with van der Waals surface area (Å²) in [6.07, 6.45) is 0.951. The molecule has 0 bridgehead atoms. The lowest BCUT2D eigenvalue weighted by Gasteiger charge is -2.04. The third-order valence-corrected chi connectivity index (χ3v) is 3.23. The van der Waals surface area contributed by atoms with Gasteiger partial charge in [0.15, 0.2) is 0 Å². The minimum atomic E-state index is -0.214. The molecule has 0 unspecified atom stereocenters. The van der Waals surface area contributed by atoms with Crippen LogP contribution in [0.5, 0.6) is 0 Å². The Morgan fingerprint density at radius 1 is 1.47 bits per heavy atom. The number of rotatable bonds is 6. The molecule has 0 atom stereocenters. The van der Waals surface area contributed by atoms with Crippen molar-refractivity contribution in [2.24, 2.45) is 0 Å². The lowest BCUT2D eigenvalue weighted by atomic mass is 10.2. The molecule has 5 heteroatoms. The van der Waals surface area contributed by atoms with E-state index in [-0.39, 0.29) is 11.9 Å². The molecule has 1 heterocycles. The fourth-order valence-corrected chi connectivity index (χ4v) is 2.19. The minimum Gasteiger partial charge on any atom is -0.466 e. The van der Waals surface area contributed by atoms with Crippen molar-refractivity contribution in [3.05, 3.63) is 21.9 Å². The van der Waals surface area contributed by atoms with Crippen LogP contribution in [0.25, 0.3) is 0 Å². The zero-order valence-electron chi connectivity index (χ0n) is 10.1. The second kappa shape index (κ2) is 7.06.